The highest BCUT2D eigenvalue weighted by molar-refractivity contribution is 5.69. The van der Waals surface area contributed by atoms with Gasteiger partial charge in [-0.15, -0.1) is 0 Å². The minimum absolute atomic E-state index is 0.212. The number of carboxylic acids is 1. The first-order valence-corrected chi connectivity index (χ1v) is 10.3. The predicted octanol–water partition coefficient (Wildman–Crippen LogP) is 3.41. The third-order valence-electron chi connectivity index (χ3n) is 6.84. The van der Waals surface area contributed by atoms with Crippen LogP contribution in [0.2, 0.25) is 0 Å². The molecule has 0 saturated heterocycles. The van der Waals surface area contributed by atoms with E-state index in [4.69, 9.17) is 0 Å². The Balaban J connectivity index is 1.26. The number of aliphatic carboxylic acids is 1. The number of rotatable bonds is 8. The molecule has 2 N–H and O–H groups in total. The van der Waals surface area contributed by atoms with Crippen LogP contribution in [0, 0.1) is 5.92 Å². The van der Waals surface area contributed by atoms with Gasteiger partial charge in [-0.1, -0.05) is 37.3 Å². The van der Waals surface area contributed by atoms with Gasteiger partial charge in [0, 0.05) is 24.7 Å². The van der Waals surface area contributed by atoms with Gasteiger partial charge in [-0.2, -0.15) is 0 Å². The summed E-state index contributed by atoms with van der Waals surface area (Å²) in [6.45, 7) is 3.60. The van der Waals surface area contributed by atoms with E-state index in [1.165, 1.54) is 37.7 Å². The molecule has 3 saturated carbocycles. The fourth-order valence-corrected chi connectivity index (χ4v) is 4.99. The number of benzene rings is 1. The van der Waals surface area contributed by atoms with Crippen molar-refractivity contribution in [2.75, 3.05) is 13.1 Å². The van der Waals surface area contributed by atoms with Gasteiger partial charge in [-0.25, -0.2) is 0 Å². The maximum Gasteiger partial charge on any atom is 0.317 e. The van der Waals surface area contributed by atoms with Crippen molar-refractivity contribution in [3.05, 3.63) is 35.9 Å². The normalized spacial score (nSPS) is 34.0. The molecule has 0 amide bonds. The Kier molecular flexibility index (Phi) is 5.07. The second kappa shape index (κ2) is 7.32. The van der Waals surface area contributed by atoms with E-state index in [1.807, 2.05) is 0 Å². The van der Waals surface area contributed by atoms with E-state index in [9.17, 15) is 9.90 Å². The molecule has 26 heavy (non-hydrogen) atoms. The van der Waals surface area contributed by atoms with E-state index >= 15 is 0 Å². The van der Waals surface area contributed by atoms with Crippen molar-refractivity contribution in [1.29, 1.82) is 0 Å². The molecule has 1 aromatic rings. The fourth-order valence-electron chi connectivity index (χ4n) is 4.99. The number of nitrogens with zero attached hydrogens (tertiary/aromatic N) is 1. The van der Waals surface area contributed by atoms with Crippen LogP contribution >= 0.6 is 0 Å². The number of hydrogen-bond acceptors (Lipinski definition) is 3. The first kappa shape index (κ1) is 18.0. The predicted molar refractivity (Wildman–Crippen MR) is 103 cm³/mol. The molecule has 1 aromatic carbocycles. The summed E-state index contributed by atoms with van der Waals surface area (Å²) < 4.78 is 0. The lowest BCUT2D eigenvalue weighted by Crippen LogP contribution is -2.55. The molecule has 3 aliphatic carbocycles. The van der Waals surface area contributed by atoms with Crippen LogP contribution in [0.5, 0.6) is 0 Å². The van der Waals surface area contributed by atoms with E-state index in [1.54, 1.807) is 0 Å². The number of nitrogens with one attached hydrogen (secondary N) is 1. The largest absolute Gasteiger partial charge is 0.480 e. The average Bonchev–Trinajstić information content (AvgIpc) is 3.31. The van der Waals surface area contributed by atoms with Gasteiger partial charge in [-0.05, 0) is 61.8 Å². The average molecular weight is 357 g/mol. The Labute approximate surface area is 157 Å². The van der Waals surface area contributed by atoms with Gasteiger partial charge in [0.05, 0.1) is 6.54 Å². The number of carboxylic acid groups (broad SMARTS) is 1. The zero-order valence-corrected chi connectivity index (χ0v) is 15.9. The SMILES string of the molecule is CC1(c2ccccc2)CCC(NC2CC(N(CC(=O)O)CC3CC3)C2)C1. The summed E-state index contributed by atoms with van der Waals surface area (Å²) in [7, 11) is 0. The van der Waals surface area contributed by atoms with Crippen LogP contribution < -0.4 is 5.32 Å². The molecule has 0 aromatic heterocycles. The summed E-state index contributed by atoms with van der Waals surface area (Å²) in [4.78, 5) is 13.4. The molecular formula is C22H32N2O2. The summed E-state index contributed by atoms with van der Waals surface area (Å²) in [5, 5.41) is 13.1. The van der Waals surface area contributed by atoms with Gasteiger partial charge in [-0.3, -0.25) is 9.69 Å². The van der Waals surface area contributed by atoms with Crippen molar-refractivity contribution < 1.29 is 9.90 Å². The van der Waals surface area contributed by atoms with Crippen LogP contribution in [0.1, 0.15) is 57.4 Å². The Bertz CT molecular complexity index is 624. The highest BCUT2D eigenvalue weighted by atomic mass is 16.4. The van der Waals surface area contributed by atoms with E-state index in [0.717, 1.165) is 25.3 Å². The molecule has 4 rings (SSSR count). The van der Waals surface area contributed by atoms with E-state index < -0.39 is 5.97 Å². The van der Waals surface area contributed by atoms with Crippen LogP contribution in [-0.2, 0) is 10.2 Å². The van der Waals surface area contributed by atoms with Crippen molar-refractivity contribution in [2.24, 2.45) is 5.92 Å². The second-order valence-corrected chi connectivity index (χ2v) is 9.12. The maximum absolute atomic E-state index is 11.2. The van der Waals surface area contributed by atoms with E-state index in [2.05, 4.69) is 47.5 Å². The first-order chi connectivity index (χ1) is 12.5. The molecule has 2 unspecified atom stereocenters. The van der Waals surface area contributed by atoms with Crippen LogP contribution in [0.4, 0.5) is 0 Å². The lowest BCUT2D eigenvalue weighted by Gasteiger charge is -2.44. The topological polar surface area (TPSA) is 52.6 Å². The molecule has 2 atom stereocenters. The zero-order valence-electron chi connectivity index (χ0n) is 15.9. The van der Waals surface area contributed by atoms with E-state index in [0.29, 0.717) is 23.5 Å². The second-order valence-electron chi connectivity index (χ2n) is 9.12. The molecule has 0 bridgehead atoms. The summed E-state index contributed by atoms with van der Waals surface area (Å²) in [6, 6.07) is 12.6. The van der Waals surface area contributed by atoms with Crippen molar-refractivity contribution in [2.45, 2.75) is 75.4 Å². The van der Waals surface area contributed by atoms with Gasteiger partial charge in [0.2, 0.25) is 0 Å². The monoisotopic (exact) mass is 356 g/mol. The highest BCUT2D eigenvalue weighted by Gasteiger charge is 2.41. The Morgan fingerprint density at radius 1 is 1.19 bits per heavy atom. The van der Waals surface area contributed by atoms with Crippen LogP contribution in [0.25, 0.3) is 0 Å². The minimum Gasteiger partial charge on any atom is -0.480 e. The lowest BCUT2D eigenvalue weighted by molar-refractivity contribution is -0.139. The van der Waals surface area contributed by atoms with E-state index in [-0.39, 0.29) is 6.54 Å². The van der Waals surface area contributed by atoms with Gasteiger partial charge < -0.3 is 10.4 Å². The fraction of sp³-hybridized carbons (Fsp3) is 0.682. The van der Waals surface area contributed by atoms with Gasteiger partial charge in [0.1, 0.15) is 0 Å². The number of hydrogen-bond donors (Lipinski definition) is 2. The lowest BCUT2D eigenvalue weighted by atomic mass is 9.80. The molecule has 0 radical (unpaired) electrons. The standard InChI is InChI=1S/C22H32N2O2/c1-22(17-5-3-2-4-6-17)10-9-18(13-22)23-19-11-20(12-19)24(15-21(25)26)14-16-7-8-16/h2-6,16,18-20,23H,7-15H2,1H3,(H,25,26). The molecule has 0 spiro atoms. The summed E-state index contributed by atoms with van der Waals surface area (Å²) in [5.41, 5.74) is 1.76. The molecule has 0 aliphatic heterocycles. The molecule has 4 nitrogen and oxygen atoms in total. The third-order valence-corrected chi connectivity index (χ3v) is 6.84. The molecule has 4 heteroatoms. The van der Waals surface area contributed by atoms with Crippen LogP contribution in [0.15, 0.2) is 30.3 Å². The van der Waals surface area contributed by atoms with Crippen LogP contribution in [0.3, 0.4) is 0 Å². The van der Waals surface area contributed by atoms with Crippen molar-refractivity contribution in [1.82, 2.24) is 10.2 Å². The van der Waals surface area contributed by atoms with Crippen molar-refractivity contribution >= 4 is 5.97 Å². The van der Waals surface area contributed by atoms with Gasteiger partial charge >= 0.3 is 5.97 Å². The van der Waals surface area contributed by atoms with Crippen molar-refractivity contribution in [3.8, 4) is 0 Å². The highest BCUT2D eigenvalue weighted by Crippen LogP contribution is 2.42. The van der Waals surface area contributed by atoms with Gasteiger partial charge in [0.25, 0.3) is 0 Å². The molecule has 0 heterocycles. The number of carbonyl (C=O) groups is 1. The van der Waals surface area contributed by atoms with Crippen LogP contribution in [-0.4, -0.2) is 47.2 Å². The zero-order chi connectivity index (χ0) is 18.1. The Hall–Kier alpha value is -1.39. The summed E-state index contributed by atoms with van der Waals surface area (Å²) in [6.07, 6.45) is 8.48. The van der Waals surface area contributed by atoms with Crippen molar-refractivity contribution in [3.63, 3.8) is 0 Å². The first-order valence-electron chi connectivity index (χ1n) is 10.3. The summed E-state index contributed by atoms with van der Waals surface area (Å²) in [5.74, 6) is 0.0688. The molecule has 142 valence electrons. The molecular weight excluding hydrogens is 324 g/mol. The molecule has 3 aliphatic rings. The third kappa shape index (κ3) is 4.12. The maximum atomic E-state index is 11.2. The summed E-state index contributed by atoms with van der Waals surface area (Å²) >= 11 is 0. The minimum atomic E-state index is -0.684. The molecule has 3 fully saturated rings. The quantitative estimate of drug-likeness (QED) is 0.749. The Morgan fingerprint density at radius 2 is 1.92 bits per heavy atom. The smallest absolute Gasteiger partial charge is 0.317 e. The van der Waals surface area contributed by atoms with Gasteiger partial charge in [0.15, 0.2) is 0 Å². The Morgan fingerprint density at radius 3 is 2.58 bits per heavy atom.